The van der Waals surface area contributed by atoms with E-state index in [1.54, 1.807) is 13.0 Å². The van der Waals surface area contributed by atoms with Gasteiger partial charge in [0, 0.05) is 6.54 Å². The summed E-state index contributed by atoms with van der Waals surface area (Å²) in [4.78, 5) is 19.8. The molecule has 0 unspecified atom stereocenters. The molecule has 21 heavy (non-hydrogen) atoms. The van der Waals surface area contributed by atoms with Crippen molar-refractivity contribution in [3.05, 3.63) is 23.3 Å². The molecule has 1 aromatic rings. The van der Waals surface area contributed by atoms with Gasteiger partial charge in [0.15, 0.2) is 11.5 Å². The Balaban J connectivity index is 0.00000122. The van der Waals surface area contributed by atoms with Gasteiger partial charge in [0.05, 0.1) is 5.69 Å². The molecule has 1 amide bonds. The zero-order chi connectivity index (χ0) is 16.4. The van der Waals surface area contributed by atoms with Crippen LogP contribution in [-0.4, -0.2) is 34.2 Å². The first-order valence-corrected chi connectivity index (χ1v) is 5.70. The number of nitriles is 1. The molecule has 0 saturated carbocycles. The third kappa shape index (κ3) is 5.52. The summed E-state index contributed by atoms with van der Waals surface area (Å²) in [7, 11) is 0. The standard InChI is InChI=1S/C12H13N3O3.CH2O2/c1-2-15-12(18)8(6-13)3-7-4-9(14)11(17)10(16)5-7;2-1-3/h3-5,16-17H,2,14H2,1H3,(H,15,18);1H,(H,2,3)/b8-3+;. The van der Waals surface area contributed by atoms with Gasteiger partial charge in [-0.2, -0.15) is 5.26 Å². The van der Waals surface area contributed by atoms with Crippen LogP contribution >= 0.6 is 0 Å². The van der Waals surface area contributed by atoms with Crippen LogP contribution in [0.25, 0.3) is 6.08 Å². The Bertz CT molecular complexity index is 567. The average Bonchev–Trinajstić information content (AvgIpc) is 2.43. The fourth-order valence-electron chi connectivity index (χ4n) is 1.32. The highest BCUT2D eigenvalue weighted by Crippen LogP contribution is 2.32. The molecule has 0 spiro atoms. The van der Waals surface area contributed by atoms with Crippen LogP contribution in [0.5, 0.6) is 11.5 Å². The van der Waals surface area contributed by atoms with Crippen molar-refractivity contribution in [3.8, 4) is 17.6 Å². The summed E-state index contributed by atoms with van der Waals surface area (Å²) >= 11 is 0. The Labute approximate surface area is 120 Å². The van der Waals surface area contributed by atoms with Crippen molar-refractivity contribution < 1.29 is 24.9 Å². The lowest BCUT2D eigenvalue weighted by molar-refractivity contribution is -0.123. The quantitative estimate of drug-likeness (QED) is 0.178. The van der Waals surface area contributed by atoms with Gasteiger partial charge in [-0.05, 0) is 30.7 Å². The van der Waals surface area contributed by atoms with Gasteiger partial charge >= 0.3 is 0 Å². The van der Waals surface area contributed by atoms with Gasteiger partial charge in [0.2, 0.25) is 0 Å². The van der Waals surface area contributed by atoms with Crippen LogP contribution in [0.4, 0.5) is 5.69 Å². The van der Waals surface area contributed by atoms with Crippen molar-refractivity contribution >= 4 is 24.1 Å². The number of carboxylic acid groups (broad SMARTS) is 1. The van der Waals surface area contributed by atoms with Crippen molar-refractivity contribution in [1.29, 1.82) is 5.26 Å². The number of anilines is 1. The van der Waals surface area contributed by atoms with Crippen LogP contribution in [0.3, 0.4) is 0 Å². The van der Waals surface area contributed by atoms with E-state index in [-0.39, 0.29) is 17.7 Å². The molecule has 0 bridgehead atoms. The number of carbonyl (C=O) groups is 2. The lowest BCUT2D eigenvalue weighted by Crippen LogP contribution is -2.23. The number of phenolic OH excluding ortho intramolecular Hbond substituents is 2. The number of nitrogen functional groups attached to an aromatic ring is 1. The van der Waals surface area contributed by atoms with Crippen molar-refractivity contribution in [2.45, 2.75) is 6.92 Å². The molecule has 0 aliphatic carbocycles. The lowest BCUT2D eigenvalue weighted by atomic mass is 10.1. The molecular weight excluding hydrogens is 278 g/mol. The predicted molar refractivity (Wildman–Crippen MR) is 75.2 cm³/mol. The topological polar surface area (TPSA) is 157 Å². The SMILES string of the molecule is CCNC(=O)/C(C#N)=C/c1cc(N)c(O)c(O)c1.O=CO. The molecular formula is C13H15N3O5. The second-order valence-electron chi connectivity index (χ2n) is 3.61. The van der Waals surface area contributed by atoms with Gasteiger partial charge in [0.1, 0.15) is 11.6 Å². The highest BCUT2D eigenvalue weighted by molar-refractivity contribution is 6.01. The summed E-state index contributed by atoms with van der Waals surface area (Å²) in [5, 5.41) is 36.9. The molecule has 0 aliphatic heterocycles. The molecule has 1 aromatic carbocycles. The summed E-state index contributed by atoms with van der Waals surface area (Å²) < 4.78 is 0. The Hall–Kier alpha value is -3.21. The number of amides is 1. The molecule has 0 heterocycles. The van der Waals surface area contributed by atoms with Crippen LogP contribution in [0.1, 0.15) is 12.5 Å². The molecule has 0 fully saturated rings. The zero-order valence-electron chi connectivity index (χ0n) is 11.2. The van der Waals surface area contributed by atoms with Crippen molar-refractivity contribution in [2.24, 2.45) is 0 Å². The number of nitrogens with one attached hydrogen (secondary N) is 1. The summed E-state index contributed by atoms with van der Waals surface area (Å²) in [5.74, 6) is -1.34. The Kier molecular flexibility index (Phi) is 7.47. The minimum atomic E-state index is -0.508. The van der Waals surface area contributed by atoms with E-state index in [1.165, 1.54) is 18.2 Å². The fraction of sp³-hybridized carbons (Fsp3) is 0.154. The van der Waals surface area contributed by atoms with E-state index in [9.17, 15) is 15.0 Å². The second kappa shape index (κ2) is 8.82. The smallest absolute Gasteiger partial charge is 0.290 e. The van der Waals surface area contributed by atoms with Crippen LogP contribution in [0.2, 0.25) is 0 Å². The largest absolute Gasteiger partial charge is 0.504 e. The molecule has 0 radical (unpaired) electrons. The van der Waals surface area contributed by atoms with Gasteiger partial charge < -0.3 is 26.4 Å². The van der Waals surface area contributed by atoms with E-state index < -0.39 is 17.4 Å². The Morgan fingerprint density at radius 2 is 2.05 bits per heavy atom. The number of carbonyl (C=O) groups excluding carboxylic acids is 1. The van der Waals surface area contributed by atoms with Crippen LogP contribution < -0.4 is 11.1 Å². The van der Waals surface area contributed by atoms with E-state index in [0.717, 1.165) is 0 Å². The number of aromatic hydroxyl groups is 2. The Morgan fingerprint density at radius 1 is 1.48 bits per heavy atom. The number of nitrogens with two attached hydrogens (primary N) is 1. The number of phenols is 2. The average molecular weight is 293 g/mol. The van der Waals surface area contributed by atoms with Gasteiger partial charge in [-0.15, -0.1) is 0 Å². The summed E-state index contributed by atoms with van der Waals surface area (Å²) in [6, 6.07) is 4.32. The van der Waals surface area contributed by atoms with E-state index in [1.807, 2.05) is 0 Å². The molecule has 0 atom stereocenters. The second-order valence-corrected chi connectivity index (χ2v) is 3.61. The van der Waals surface area contributed by atoms with E-state index in [4.69, 9.17) is 20.9 Å². The highest BCUT2D eigenvalue weighted by atomic mass is 16.3. The fourth-order valence-corrected chi connectivity index (χ4v) is 1.32. The van der Waals surface area contributed by atoms with Crippen molar-refractivity contribution in [3.63, 3.8) is 0 Å². The number of nitrogens with zero attached hydrogens (tertiary/aromatic N) is 1. The number of benzene rings is 1. The van der Waals surface area contributed by atoms with Crippen LogP contribution in [0, 0.1) is 11.3 Å². The summed E-state index contributed by atoms with van der Waals surface area (Å²) in [5.41, 5.74) is 5.66. The van der Waals surface area contributed by atoms with Crippen molar-refractivity contribution in [2.75, 3.05) is 12.3 Å². The number of likely N-dealkylation sites (N-methyl/N-ethyl adjacent to an activating group) is 1. The predicted octanol–water partition coefficient (Wildman–Crippen LogP) is 0.424. The van der Waals surface area contributed by atoms with Crippen LogP contribution in [-0.2, 0) is 9.59 Å². The summed E-state index contributed by atoms with van der Waals surface area (Å²) in [6.07, 6.45) is 1.28. The first kappa shape index (κ1) is 17.8. The van der Waals surface area contributed by atoms with Gasteiger partial charge in [-0.3, -0.25) is 9.59 Å². The van der Waals surface area contributed by atoms with E-state index in [0.29, 0.717) is 12.1 Å². The van der Waals surface area contributed by atoms with E-state index >= 15 is 0 Å². The first-order chi connectivity index (χ1) is 9.90. The molecule has 0 aromatic heterocycles. The third-order valence-corrected chi connectivity index (χ3v) is 2.16. The lowest BCUT2D eigenvalue weighted by Gasteiger charge is -2.04. The van der Waals surface area contributed by atoms with Gasteiger partial charge in [0.25, 0.3) is 12.4 Å². The maximum absolute atomic E-state index is 11.5. The van der Waals surface area contributed by atoms with Gasteiger partial charge in [-0.25, -0.2) is 0 Å². The molecule has 6 N–H and O–H groups in total. The number of hydrogen-bond acceptors (Lipinski definition) is 6. The monoisotopic (exact) mass is 293 g/mol. The number of rotatable bonds is 3. The normalized spacial score (nSPS) is 9.81. The Morgan fingerprint density at radius 3 is 2.48 bits per heavy atom. The maximum Gasteiger partial charge on any atom is 0.290 e. The molecule has 0 aliphatic rings. The molecule has 8 nitrogen and oxygen atoms in total. The van der Waals surface area contributed by atoms with E-state index in [2.05, 4.69) is 5.32 Å². The molecule has 0 saturated heterocycles. The van der Waals surface area contributed by atoms with Gasteiger partial charge in [-0.1, -0.05) is 0 Å². The third-order valence-electron chi connectivity index (χ3n) is 2.16. The minimum absolute atomic E-state index is 0.0329. The first-order valence-electron chi connectivity index (χ1n) is 5.70. The minimum Gasteiger partial charge on any atom is -0.504 e. The number of hydrogen-bond donors (Lipinski definition) is 5. The van der Waals surface area contributed by atoms with Crippen molar-refractivity contribution in [1.82, 2.24) is 5.32 Å². The molecule has 8 heteroatoms. The zero-order valence-corrected chi connectivity index (χ0v) is 11.2. The molecule has 112 valence electrons. The molecule has 1 rings (SSSR count). The maximum atomic E-state index is 11.5. The summed E-state index contributed by atoms with van der Waals surface area (Å²) in [6.45, 7) is 1.89. The highest BCUT2D eigenvalue weighted by Gasteiger charge is 2.10. The van der Waals surface area contributed by atoms with Crippen LogP contribution in [0.15, 0.2) is 17.7 Å².